The quantitative estimate of drug-likeness (QED) is 0.741. The minimum absolute atomic E-state index is 0.0404. The van der Waals surface area contributed by atoms with E-state index in [1.807, 2.05) is 59.5 Å². The van der Waals surface area contributed by atoms with Crippen LogP contribution in [0.4, 0.5) is 0 Å². The van der Waals surface area contributed by atoms with Crippen molar-refractivity contribution in [2.24, 2.45) is 0 Å². The maximum atomic E-state index is 13.3. The normalized spacial score (nSPS) is 17.6. The summed E-state index contributed by atoms with van der Waals surface area (Å²) in [7, 11) is 0.389. The molecule has 1 fully saturated rings. The molecular weight excluding hydrogens is 376 g/mol. The van der Waals surface area contributed by atoms with Crippen molar-refractivity contribution in [1.82, 2.24) is 9.80 Å². The molecule has 1 atom stereocenters. The van der Waals surface area contributed by atoms with Crippen LogP contribution in [0.15, 0.2) is 54.6 Å². The number of nitrogens with zero attached hydrogens (tertiary/aromatic N) is 2. The molecular formula is C21H26N2O4S. The average molecular weight is 403 g/mol. The van der Waals surface area contributed by atoms with Gasteiger partial charge in [0.25, 0.3) is 0 Å². The zero-order valence-corrected chi connectivity index (χ0v) is 17.1. The van der Waals surface area contributed by atoms with Crippen molar-refractivity contribution in [1.29, 1.82) is 0 Å². The fraction of sp³-hybridized carbons (Fsp3) is 0.381. The summed E-state index contributed by atoms with van der Waals surface area (Å²) in [6.07, 6.45) is 0. The van der Waals surface area contributed by atoms with Crippen LogP contribution in [0.2, 0.25) is 0 Å². The van der Waals surface area contributed by atoms with E-state index in [-0.39, 0.29) is 17.4 Å². The van der Waals surface area contributed by atoms with Crippen LogP contribution in [-0.4, -0.2) is 62.9 Å². The molecule has 0 aromatic heterocycles. The van der Waals surface area contributed by atoms with Gasteiger partial charge in [-0.25, -0.2) is 8.42 Å². The Morgan fingerprint density at radius 1 is 1.07 bits per heavy atom. The Balaban J connectivity index is 1.79. The zero-order chi connectivity index (χ0) is 20.1. The predicted octanol–water partition coefficient (Wildman–Crippen LogP) is 2.13. The lowest BCUT2D eigenvalue weighted by Crippen LogP contribution is -2.47. The van der Waals surface area contributed by atoms with Gasteiger partial charge in [-0.3, -0.25) is 9.69 Å². The van der Waals surface area contributed by atoms with Crippen LogP contribution in [-0.2, 0) is 21.2 Å². The lowest BCUT2D eigenvalue weighted by Gasteiger charge is -2.35. The molecule has 0 aliphatic carbocycles. The molecule has 0 N–H and O–H groups in total. The summed E-state index contributed by atoms with van der Waals surface area (Å²) in [5.74, 6) is 0.910. The molecule has 1 saturated heterocycles. The Bertz CT molecular complexity index is 884. The highest BCUT2D eigenvalue weighted by atomic mass is 32.2. The van der Waals surface area contributed by atoms with Gasteiger partial charge in [-0.05, 0) is 23.3 Å². The molecule has 1 aliphatic heterocycles. The Kier molecular flexibility index (Phi) is 6.36. The van der Waals surface area contributed by atoms with Crippen LogP contribution in [0.1, 0.15) is 17.2 Å². The first-order valence-electron chi connectivity index (χ1n) is 9.27. The monoisotopic (exact) mass is 402 g/mol. The highest BCUT2D eigenvalue weighted by molar-refractivity contribution is 7.91. The van der Waals surface area contributed by atoms with Crippen molar-refractivity contribution in [2.45, 2.75) is 12.6 Å². The number of carbonyl (C=O) groups excluding carboxylic acids is 1. The highest BCUT2D eigenvalue weighted by Crippen LogP contribution is 2.25. The van der Waals surface area contributed by atoms with E-state index in [2.05, 4.69) is 0 Å². The summed E-state index contributed by atoms with van der Waals surface area (Å²) in [6, 6.07) is 16.7. The van der Waals surface area contributed by atoms with Crippen molar-refractivity contribution in [2.75, 3.05) is 38.8 Å². The second-order valence-electron chi connectivity index (χ2n) is 7.04. The van der Waals surface area contributed by atoms with Gasteiger partial charge in [-0.1, -0.05) is 42.5 Å². The van der Waals surface area contributed by atoms with Crippen molar-refractivity contribution >= 4 is 15.7 Å². The molecule has 3 rings (SSSR count). The van der Waals surface area contributed by atoms with Gasteiger partial charge in [0.05, 0.1) is 18.6 Å². The second kappa shape index (κ2) is 8.75. The first-order chi connectivity index (χ1) is 13.4. The average Bonchev–Trinajstić information content (AvgIpc) is 2.70. The second-order valence-corrected chi connectivity index (χ2v) is 9.35. The number of rotatable bonds is 6. The van der Waals surface area contributed by atoms with E-state index in [0.717, 1.165) is 16.9 Å². The number of carbonyl (C=O) groups is 1. The molecule has 0 saturated carbocycles. The van der Waals surface area contributed by atoms with Gasteiger partial charge in [-0.2, -0.15) is 0 Å². The molecule has 6 nitrogen and oxygen atoms in total. The number of hydrogen-bond donors (Lipinski definition) is 0. The van der Waals surface area contributed by atoms with Gasteiger partial charge in [0.1, 0.15) is 11.8 Å². The van der Waals surface area contributed by atoms with Crippen LogP contribution in [0.25, 0.3) is 0 Å². The molecule has 0 bridgehead atoms. The van der Waals surface area contributed by atoms with Crippen LogP contribution < -0.4 is 4.74 Å². The van der Waals surface area contributed by atoms with Crippen LogP contribution in [0.5, 0.6) is 5.75 Å². The van der Waals surface area contributed by atoms with Crippen LogP contribution in [0, 0.1) is 0 Å². The third kappa shape index (κ3) is 4.91. The molecule has 0 spiro atoms. The summed E-state index contributed by atoms with van der Waals surface area (Å²) in [6.45, 7) is 1.20. The first kappa shape index (κ1) is 20.4. The molecule has 1 aliphatic rings. The smallest absolute Gasteiger partial charge is 0.244 e. The van der Waals surface area contributed by atoms with Crippen molar-refractivity contribution < 1.29 is 17.9 Å². The Morgan fingerprint density at radius 3 is 2.25 bits per heavy atom. The summed E-state index contributed by atoms with van der Waals surface area (Å²) in [4.78, 5) is 17.0. The number of hydrogen-bond acceptors (Lipinski definition) is 5. The molecule has 7 heteroatoms. The van der Waals surface area contributed by atoms with E-state index in [1.54, 1.807) is 19.1 Å². The summed E-state index contributed by atoms with van der Waals surface area (Å²) in [5, 5.41) is 0. The SMILES string of the molecule is COc1ccc(CN(C)C(=O)C(c2ccccc2)N2CCS(=O)(=O)CC2)cc1. The number of sulfone groups is 1. The third-order valence-electron chi connectivity index (χ3n) is 5.05. The van der Waals surface area contributed by atoms with E-state index in [4.69, 9.17) is 4.74 Å². The number of ether oxygens (including phenoxy) is 1. The number of benzene rings is 2. The lowest BCUT2D eigenvalue weighted by atomic mass is 10.0. The first-order valence-corrected chi connectivity index (χ1v) is 11.1. The fourth-order valence-electron chi connectivity index (χ4n) is 3.42. The molecule has 1 heterocycles. The van der Waals surface area contributed by atoms with Gasteiger partial charge < -0.3 is 9.64 Å². The Morgan fingerprint density at radius 2 is 1.68 bits per heavy atom. The maximum absolute atomic E-state index is 13.3. The zero-order valence-electron chi connectivity index (χ0n) is 16.2. The number of methoxy groups -OCH3 is 1. The summed E-state index contributed by atoms with van der Waals surface area (Å²) < 4.78 is 28.8. The van der Waals surface area contributed by atoms with E-state index >= 15 is 0 Å². The van der Waals surface area contributed by atoms with Crippen LogP contribution >= 0.6 is 0 Å². The standard InChI is InChI=1S/C21H26N2O4S/c1-22(16-17-8-10-19(27-2)11-9-17)21(24)20(18-6-4-3-5-7-18)23-12-14-28(25,26)15-13-23/h3-11,20H,12-16H2,1-2H3. The highest BCUT2D eigenvalue weighted by Gasteiger charge is 2.34. The van der Waals surface area contributed by atoms with Gasteiger partial charge in [0.15, 0.2) is 9.84 Å². The van der Waals surface area contributed by atoms with Gasteiger partial charge in [-0.15, -0.1) is 0 Å². The van der Waals surface area contributed by atoms with E-state index in [0.29, 0.717) is 19.6 Å². The molecule has 150 valence electrons. The van der Waals surface area contributed by atoms with Gasteiger partial charge >= 0.3 is 0 Å². The molecule has 1 unspecified atom stereocenters. The maximum Gasteiger partial charge on any atom is 0.244 e. The largest absolute Gasteiger partial charge is 0.497 e. The topological polar surface area (TPSA) is 66.9 Å². The van der Waals surface area contributed by atoms with E-state index in [9.17, 15) is 13.2 Å². The lowest BCUT2D eigenvalue weighted by molar-refractivity contribution is -0.136. The van der Waals surface area contributed by atoms with Gasteiger partial charge in [0, 0.05) is 26.7 Å². The number of likely N-dealkylation sites (N-methyl/N-ethyl adjacent to an activating group) is 1. The van der Waals surface area contributed by atoms with Crippen molar-refractivity contribution in [3.8, 4) is 5.75 Å². The fourth-order valence-corrected chi connectivity index (χ4v) is 4.65. The molecule has 2 aromatic rings. The predicted molar refractivity (Wildman–Crippen MR) is 109 cm³/mol. The summed E-state index contributed by atoms with van der Waals surface area (Å²) >= 11 is 0. The number of amides is 1. The van der Waals surface area contributed by atoms with Crippen molar-refractivity contribution in [3.05, 3.63) is 65.7 Å². The molecule has 0 radical (unpaired) electrons. The minimum atomic E-state index is -3.01. The van der Waals surface area contributed by atoms with Gasteiger partial charge in [0.2, 0.25) is 5.91 Å². The Labute approximate surface area is 166 Å². The van der Waals surface area contributed by atoms with Crippen molar-refractivity contribution in [3.63, 3.8) is 0 Å². The molecule has 28 heavy (non-hydrogen) atoms. The summed E-state index contributed by atoms with van der Waals surface area (Å²) in [5.41, 5.74) is 1.89. The minimum Gasteiger partial charge on any atom is -0.497 e. The molecule has 2 aromatic carbocycles. The van der Waals surface area contributed by atoms with Crippen LogP contribution in [0.3, 0.4) is 0 Å². The third-order valence-corrected chi connectivity index (χ3v) is 6.66. The molecule has 1 amide bonds. The van der Waals surface area contributed by atoms with E-state index < -0.39 is 15.9 Å². The van der Waals surface area contributed by atoms with E-state index in [1.165, 1.54) is 0 Å². The Hall–Kier alpha value is -2.38.